The van der Waals surface area contributed by atoms with Crippen LogP contribution in [-0.2, 0) is 13.1 Å². The Morgan fingerprint density at radius 2 is 2.21 bits per heavy atom. The molecule has 6 heteroatoms. The number of aromatic nitrogens is 2. The highest BCUT2D eigenvalue weighted by Crippen LogP contribution is 2.40. The van der Waals surface area contributed by atoms with Gasteiger partial charge in [-0.2, -0.15) is 11.3 Å². The highest BCUT2D eigenvalue weighted by Gasteiger charge is 2.30. The Balaban J connectivity index is 1.56. The molecule has 24 heavy (non-hydrogen) atoms. The zero-order chi connectivity index (χ0) is 16.4. The third-order valence-corrected chi connectivity index (χ3v) is 4.78. The van der Waals surface area contributed by atoms with Crippen molar-refractivity contribution in [3.63, 3.8) is 0 Å². The molecule has 5 nitrogen and oxygen atoms in total. The number of hydrogen-bond acceptors (Lipinski definition) is 5. The van der Waals surface area contributed by atoms with Crippen molar-refractivity contribution in [2.75, 3.05) is 0 Å². The minimum atomic E-state index is -0.123. The van der Waals surface area contributed by atoms with Gasteiger partial charge in [0.25, 0.3) is 5.91 Å². The average molecular weight is 339 g/mol. The molecule has 0 spiro atoms. The van der Waals surface area contributed by atoms with Crippen LogP contribution in [0.3, 0.4) is 0 Å². The van der Waals surface area contributed by atoms with E-state index in [9.17, 15) is 4.79 Å². The summed E-state index contributed by atoms with van der Waals surface area (Å²) in [7, 11) is 0. The number of pyridine rings is 1. The molecule has 1 saturated carbocycles. The predicted molar refractivity (Wildman–Crippen MR) is 90.6 cm³/mol. The van der Waals surface area contributed by atoms with E-state index in [1.165, 1.54) is 0 Å². The Labute approximate surface area is 143 Å². The summed E-state index contributed by atoms with van der Waals surface area (Å²) in [5.41, 5.74) is 2.34. The first-order valence-corrected chi connectivity index (χ1v) is 8.91. The van der Waals surface area contributed by atoms with Crippen molar-refractivity contribution in [3.05, 3.63) is 70.0 Å². The molecule has 3 aromatic rings. The molecule has 0 unspecified atom stereocenters. The monoisotopic (exact) mass is 339 g/mol. The summed E-state index contributed by atoms with van der Waals surface area (Å²) in [5.74, 6) is 1.15. The zero-order valence-corrected chi connectivity index (χ0v) is 13.9. The van der Waals surface area contributed by atoms with E-state index in [1.54, 1.807) is 28.5 Å². The maximum atomic E-state index is 12.9. The third kappa shape index (κ3) is 3.38. The molecular formula is C18H17N3O2S. The second-order valence-electron chi connectivity index (χ2n) is 6.00. The van der Waals surface area contributed by atoms with Crippen LogP contribution in [0.5, 0.6) is 0 Å². The summed E-state index contributed by atoms with van der Waals surface area (Å²) < 4.78 is 5.33. The van der Waals surface area contributed by atoms with E-state index >= 15 is 0 Å². The van der Waals surface area contributed by atoms with Gasteiger partial charge in [0.05, 0.1) is 12.2 Å². The van der Waals surface area contributed by atoms with E-state index in [1.807, 2.05) is 29.6 Å². The van der Waals surface area contributed by atoms with Gasteiger partial charge in [-0.3, -0.25) is 9.78 Å². The fourth-order valence-corrected chi connectivity index (χ4v) is 3.26. The number of amides is 1. The van der Waals surface area contributed by atoms with Gasteiger partial charge in [0, 0.05) is 24.7 Å². The number of nitrogens with zero attached hydrogens (tertiary/aromatic N) is 3. The number of carbonyl (C=O) groups excluding carboxylic acids is 1. The first-order valence-electron chi connectivity index (χ1n) is 7.96. The van der Waals surface area contributed by atoms with Crippen LogP contribution in [0.25, 0.3) is 0 Å². The molecule has 0 saturated heterocycles. The Kier molecular flexibility index (Phi) is 4.13. The maximum Gasteiger partial charge on any atom is 0.276 e. The molecule has 1 amide bonds. The van der Waals surface area contributed by atoms with E-state index in [0.717, 1.165) is 29.9 Å². The molecule has 0 atom stereocenters. The first-order chi connectivity index (χ1) is 11.8. The number of rotatable bonds is 6. The van der Waals surface area contributed by atoms with Crippen LogP contribution in [-0.4, -0.2) is 20.9 Å². The quantitative estimate of drug-likeness (QED) is 0.684. The van der Waals surface area contributed by atoms with Crippen LogP contribution in [0.2, 0.25) is 0 Å². The minimum Gasteiger partial charge on any atom is -0.360 e. The van der Waals surface area contributed by atoms with Crippen molar-refractivity contribution in [3.8, 4) is 0 Å². The van der Waals surface area contributed by atoms with Crippen molar-refractivity contribution in [2.24, 2.45) is 0 Å². The summed E-state index contributed by atoms with van der Waals surface area (Å²) in [6, 6.07) is 9.54. The lowest BCUT2D eigenvalue weighted by Gasteiger charge is -2.20. The fraction of sp³-hybridized carbons (Fsp3) is 0.278. The van der Waals surface area contributed by atoms with E-state index in [4.69, 9.17) is 4.52 Å². The molecule has 4 rings (SSSR count). The molecule has 0 radical (unpaired) electrons. The lowest BCUT2D eigenvalue weighted by Crippen LogP contribution is -2.30. The van der Waals surface area contributed by atoms with Gasteiger partial charge in [-0.15, -0.1) is 0 Å². The van der Waals surface area contributed by atoms with Gasteiger partial charge in [0.2, 0.25) is 0 Å². The normalized spacial score (nSPS) is 13.8. The third-order valence-electron chi connectivity index (χ3n) is 4.05. The molecule has 122 valence electrons. The van der Waals surface area contributed by atoms with Gasteiger partial charge in [-0.25, -0.2) is 0 Å². The SMILES string of the molecule is O=C(c1cc(C2CC2)on1)N(Cc1ccsc1)Cc1ccccn1. The molecule has 3 heterocycles. The van der Waals surface area contributed by atoms with E-state index in [0.29, 0.717) is 24.7 Å². The van der Waals surface area contributed by atoms with E-state index in [-0.39, 0.29) is 5.91 Å². The van der Waals surface area contributed by atoms with E-state index in [2.05, 4.69) is 15.5 Å². The summed E-state index contributed by atoms with van der Waals surface area (Å²) in [5, 5.41) is 8.05. The molecule has 0 N–H and O–H groups in total. The summed E-state index contributed by atoms with van der Waals surface area (Å²) in [6.45, 7) is 0.978. The summed E-state index contributed by atoms with van der Waals surface area (Å²) in [6.07, 6.45) is 3.98. The Hall–Kier alpha value is -2.47. The van der Waals surface area contributed by atoms with E-state index < -0.39 is 0 Å². The van der Waals surface area contributed by atoms with Crippen LogP contribution >= 0.6 is 11.3 Å². The highest BCUT2D eigenvalue weighted by molar-refractivity contribution is 7.07. The van der Waals surface area contributed by atoms with Crippen molar-refractivity contribution in [2.45, 2.75) is 31.8 Å². The fourth-order valence-electron chi connectivity index (χ4n) is 2.60. The lowest BCUT2D eigenvalue weighted by atomic mass is 10.2. The average Bonchev–Trinajstić information content (AvgIpc) is 3.11. The van der Waals surface area contributed by atoms with Crippen LogP contribution in [0.1, 0.15) is 46.3 Å². The van der Waals surface area contributed by atoms with Crippen LogP contribution < -0.4 is 0 Å². The van der Waals surface area contributed by atoms with Gasteiger partial charge >= 0.3 is 0 Å². The second-order valence-corrected chi connectivity index (χ2v) is 6.78. The van der Waals surface area contributed by atoms with Crippen LogP contribution in [0, 0.1) is 0 Å². The predicted octanol–water partition coefficient (Wildman–Crippen LogP) is 3.85. The van der Waals surface area contributed by atoms with Crippen molar-refractivity contribution >= 4 is 17.2 Å². The molecule has 3 aromatic heterocycles. The van der Waals surface area contributed by atoms with Gasteiger partial charge in [-0.1, -0.05) is 11.2 Å². The Morgan fingerprint density at radius 1 is 1.29 bits per heavy atom. The highest BCUT2D eigenvalue weighted by atomic mass is 32.1. The largest absolute Gasteiger partial charge is 0.360 e. The number of thiophene rings is 1. The molecule has 1 fully saturated rings. The molecule has 0 bridgehead atoms. The standard InChI is InChI=1S/C18H17N3O2S/c22-18(16-9-17(23-20-16)14-4-5-14)21(10-13-6-8-24-12-13)11-15-3-1-2-7-19-15/h1-3,6-9,12,14H,4-5,10-11H2. The summed E-state index contributed by atoms with van der Waals surface area (Å²) in [4.78, 5) is 19.0. The first kappa shape index (κ1) is 15.1. The molecular weight excluding hydrogens is 322 g/mol. The van der Waals surface area contributed by atoms with Crippen molar-refractivity contribution in [1.29, 1.82) is 0 Å². The molecule has 1 aliphatic rings. The van der Waals surface area contributed by atoms with Crippen molar-refractivity contribution in [1.82, 2.24) is 15.0 Å². The molecule has 1 aliphatic carbocycles. The summed E-state index contributed by atoms with van der Waals surface area (Å²) >= 11 is 1.62. The van der Waals surface area contributed by atoms with Gasteiger partial charge in [0.15, 0.2) is 5.69 Å². The number of carbonyl (C=O) groups is 1. The van der Waals surface area contributed by atoms with Crippen LogP contribution in [0.15, 0.2) is 51.8 Å². The lowest BCUT2D eigenvalue weighted by molar-refractivity contribution is 0.0717. The smallest absolute Gasteiger partial charge is 0.276 e. The van der Waals surface area contributed by atoms with Crippen molar-refractivity contribution < 1.29 is 9.32 Å². The van der Waals surface area contributed by atoms with Gasteiger partial charge in [-0.05, 0) is 47.4 Å². The second kappa shape index (κ2) is 6.57. The molecule has 0 aliphatic heterocycles. The molecule has 0 aromatic carbocycles. The number of hydrogen-bond donors (Lipinski definition) is 0. The Bertz CT molecular complexity index is 810. The minimum absolute atomic E-state index is 0.123. The van der Waals surface area contributed by atoms with Gasteiger partial charge in [0.1, 0.15) is 5.76 Å². The topological polar surface area (TPSA) is 59.2 Å². The maximum absolute atomic E-state index is 12.9. The Morgan fingerprint density at radius 3 is 2.92 bits per heavy atom. The van der Waals surface area contributed by atoms with Crippen LogP contribution in [0.4, 0.5) is 0 Å². The zero-order valence-electron chi connectivity index (χ0n) is 13.1. The van der Waals surface area contributed by atoms with Gasteiger partial charge < -0.3 is 9.42 Å².